The Morgan fingerprint density at radius 3 is 2.20 bits per heavy atom. The Morgan fingerprint density at radius 1 is 1.20 bits per heavy atom. The van der Waals surface area contributed by atoms with Crippen LogP contribution < -0.4 is 5.46 Å². The molecule has 4 heteroatoms. The molecule has 0 spiro atoms. The summed E-state index contributed by atoms with van der Waals surface area (Å²) in [6.07, 6.45) is 3.46. The Hall–Kier alpha value is -0.865. The molecule has 1 aromatic rings. The largest absolute Gasteiger partial charge is 0.427 e. The average Bonchev–Trinajstić information content (AvgIpc) is 2.15. The van der Waals surface area contributed by atoms with Crippen LogP contribution in [0.25, 0.3) is 0 Å². The Morgan fingerprint density at radius 2 is 1.73 bits per heavy atom. The molecule has 1 heterocycles. The molecule has 0 saturated heterocycles. The van der Waals surface area contributed by atoms with E-state index in [1.54, 1.807) is 26.2 Å². The van der Waals surface area contributed by atoms with Crippen LogP contribution in [0.1, 0.15) is 27.7 Å². The van der Waals surface area contributed by atoms with Crippen LogP contribution in [0.4, 0.5) is 0 Å². The molecule has 0 unspecified atom stereocenters. The van der Waals surface area contributed by atoms with Gasteiger partial charge in [-0.1, -0.05) is 0 Å². The van der Waals surface area contributed by atoms with E-state index in [4.69, 9.17) is 4.65 Å². The fraction of sp³-hybridized carbons (Fsp3) is 0.545. The summed E-state index contributed by atoms with van der Waals surface area (Å²) in [6, 6.07) is 3.81. The lowest BCUT2D eigenvalue weighted by molar-refractivity contribution is -0.0893. The number of hydrogen-bond acceptors (Lipinski definition) is 3. The fourth-order valence-corrected chi connectivity index (χ4v) is 0.919. The van der Waals surface area contributed by atoms with Gasteiger partial charge in [0, 0.05) is 12.4 Å². The minimum atomic E-state index is -0.861. The minimum absolute atomic E-state index is 0.486. The summed E-state index contributed by atoms with van der Waals surface area (Å²) in [5.41, 5.74) is -0.377. The third kappa shape index (κ3) is 3.32. The van der Waals surface area contributed by atoms with Crippen LogP contribution >= 0.6 is 0 Å². The summed E-state index contributed by atoms with van der Waals surface area (Å²) < 4.78 is 5.70. The van der Waals surface area contributed by atoms with Gasteiger partial charge >= 0.3 is 7.48 Å². The summed E-state index contributed by atoms with van der Waals surface area (Å²) in [5.74, 6) is 0. The van der Waals surface area contributed by atoms with E-state index in [1.807, 2.05) is 26.0 Å². The molecule has 0 fully saturated rings. The lowest BCUT2D eigenvalue weighted by Gasteiger charge is -2.37. The van der Waals surface area contributed by atoms with E-state index in [0.29, 0.717) is 7.48 Å². The van der Waals surface area contributed by atoms with E-state index >= 15 is 0 Å². The van der Waals surface area contributed by atoms with Crippen molar-refractivity contribution in [2.75, 3.05) is 0 Å². The third-order valence-electron chi connectivity index (χ3n) is 2.82. The fourth-order valence-electron chi connectivity index (χ4n) is 0.919. The first-order chi connectivity index (χ1) is 6.83. The predicted molar refractivity (Wildman–Crippen MR) is 62.5 cm³/mol. The van der Waals surface area contributed by atoms with Crippen LogP contribution in [-0.2, 0) is 4.65 Å². The lowest BCUT2D eigenvalue weighted by atomic mass is 9.83. The molecule has 0 saturated carbocycles. The summed E-state index contributed by atoms with van der Waals surface area (Å²) in [5, 5.41) is 9.89. The molecule has 82 valence electrons. The molecule has 0 aliphatic carbocycles. The van der Waals surface area contributed by atoms with Crippen molar-refractivity contribution < 1.29 is 9.76 Å². The van der Waals surface area contributed by atoms with Crippen molar-refractivity contribution in [3.8, 4) is 0 Å². The number of rotatable bonds is 4. The smallest absolute Gasteiger partial charge is 0.309 e. The van der Waals surface area contributed by atoms with Gasteiger partial charge in [-0.15, -0.1) is 0 Å². The van der Waals surface area contributed by atoms with E-state index in [9.17, 15) is 5.11 Å². The molecule has 0 atom stereocenters. The molecule has 15 heavy (non-hydrogen) atoms. The van der Waals surface area contributed by atoms with Gasteiger partial charge in [0.25, 0.3) is 0 Å². The van der Waals surface area contributed by atoms with Crippen LogP contribution in [0.15, 0.2) is 24.5 Å². The summed E-state index contributed by atoms with van der Waals surface area (Å²) >= 11 is 0. The van der Waals surface area contributed by atoms with Crippen LogP contribution in [0.3, 0.4) is 0 Å². The van der Waals surface area contributed by atoms with Crippen molar-refractivity contribution in [1.29, 1.82) is 0 Å². The first-order valence-electron chi connectivity index (χ1n) is 5.08. The average molecular weight is 207 g/mol. The van der Waals surface area contributed by atoms with Crippen LogP contribution in [0.2, 0.25) is 0 Å². The number of aromatic nitrogens is 1. The zero-order chi connectivity index (χ0) is 11.5. The van der Waals surface area contributed by atoms with Crippen molar-refractivity contribution >= 4 is 12.9 Å². The van der Waals surface area contributed by atoms with Crippen molar-refractivity contribution in [2.24, 2.45) is 0 Å². The summed E-state index contributed by atoms with van der Waals surface area (Å²) in [7, 11) is 0.486. The van der Waals surface area contributed by atoms with Crippen LogP contribution in [-0.4, -0.2) is 28.8 Å². The standard InChI is InChI=1S/C11H18BNO2/c1-10(2,14)11(3,4)15-12-9-5-7-13-8-6-9/h5-8,12,14H,1-4H3. The Balaban J connectivity index is 2.58. The van der Waals surface area contributed by atoms with Gasteiger partial charge in [-0.3, -0.25) is 4.98 Å². The second-order valence-electron chi connectivity index (χ2n) is 4.71. The van der Waals surface area contributed by atoms with E-state index in [0.717, 1.165) is 5.46 Å². The molecule has 0 aromatic carbocycles. The normalized spacial score (nSPS) is 12.6. The number of aliphatic hydroxyl groups is 1. The van der Waals surface area contributed by atoms with E-state index in [1.165, 1.54) is 0 Å². The first-order valence-corrected chi connectivity index (χ1v) is 5.08. The maximum Gasteiger partial charge on any atom is 0.309 e. The molecule has 3 nitrogen and oxygen atoms in total. The maximum absolute atomic E-state index is 9.89. The highest BCUT2D eigenvalue weighted by Crippen LogP contribution is 2.24. The maximum atomic E-state index is 9.89. The SMILES string of the molecule is CC(C)(O)C(C)(C)OBc1ccncc1. The van der Waals surface area contributed by atoms with Crippen LogP contribution in [0, 0.1) is 0 Å². The topological polar surface area (TPSA) is 42.4 Å². The summed E-state index contributed by atoms with van der Waals surface area (Å²) in [6.45, 7) is 7.27. The Bertz CT molecular complexity index is 306. The highest BCUT2D eigenvalue weighted by atomic mass is 16.5. The number of hydrogen-bond donors (Lipinski definition) is 1. The van der Waals surface area contributed by atoms with Crippen LogP contribution in [0.5, 0.6) is 0 Å². The van der Waals surface area contributed by atoms with Gasteiger partial charge in [-0.2, -0.15) is 0 Å². The molecule has 0 amide bonds. The van der Waals surface area contributed by atoms with E-state index in [2.05, 4.69) is 4.98 Å². The molecular formula is C11H18BNO2. The Labute approximate surface area is 91.8 Å². The van der Waals surface area contributed by atoms with Gasteiger partial charge in [-0.05, 0) is 45.3 Å². The van der Waals surface area contributed by atoms with Crippen molar-refractivity contribution in [2.45, 2.75) is 38.9 Å². The van der Waals surface area contributed by atoms with Gasteiger partial charge in [0.05, 0.1) is 11.2 Å². The summed E-state index contributed by atoms with van der Waals surface area (Å²) in [4.78, 5) is 3.93. The van der Waals surface area contributed by atoms with Gasteiger partial charge in [0.1, 0.15) is 0 Å². The number of nitrogens with zero attached hydrogens (tertiary/aromatic N) is 1. The Kier molecular flexibility index (Phi) is 3.52. The lowest BCUT2D eigenvalue weighted by Crippen LogP contribution is -2.49. The first kappa shape index (κ1) is 12.2. The molecular weight excluding hydrogens is 189 g/mol. The zero-order valence-electron chi connectivity index (χ0n) is 9.82. The van der Waals surface area contributed by atoms with Gasteiger partial charge < -0.3 is 9.76 Å². The molecule has 1 N–H and O–H groups in total. The van der Waals surface area contributed by atoms with E-state index < -0.39 is 11.2 Å². The highest BCUT2D eigenvalue weighted by Gasteiger charge is 2.35. The molecule has 0 aliphatic rings. The van der Waals surface area contributed by atoms with Crippen molar-refractivity contribution in [1.82, 2.24) is 4.98 Å². The molecule has 1 aromatic heterocycles. The second-order valence-corrected chi connectivity index (χ2v) is 4.71. The van der Waals surface area contributed by atoms with E-state index in [-0.39, 0.29) is 0 Å². The monoisotopic (exact) mass is 207 g/mol. The predicted octanol–water partition coefficient (Wildman–Crippen LogP) is 0.624. The van der Waals surface area contributed by atoms with Crippen molar-refractivity contribution in [3.05, 3.63) is 24.5 Å². The molecule has 0 radical (unpaired) electrons. The molecule has 1 rings (SSSR count). The quantitative estimate of drug-likeness (QED) is 0.736. The molecule has 0 bridgehead atoms. The zero-order valence-corrected chi connectivity index (χ0v) is 9.82. The third-order valence-corrected chi connectivity index (χ3v) is 2.82. The number of pyridine rings is 1. The second kappa shape index (κ2) is 4.33. The van der Waals surface area contributed by atoms with Gasteiger partial charge in [-0.25, -0.2) is 0 Å². The molecule has 0 aliphatic heterocycles. The minimum Gasteiger partial charge on any atom is -0.427 e. The highest BCUT2D eigenvalue weighted by molar-refractivity contribution is 6.46. The van der Waals surface area contributed by atoms with Gasteiger partial charge in [0.15, 0.2) is 0 Å². The van der Waals surface area contributed by atoms with Crippen molar-refractivity contribution in [3.63, 3.8) is 0 Å². The van der Waals surface area contributed by atoms with Gasteiger partial charge in [0.2, 0.25) is 0 Å².